The van der Waals surface area contributed by atoms with E-state index < -0.39 is 16.1 Å². The molecule has 0 aliphatic heterocycles. The smallest absolute Gasteiger partial charge is 0.240 e. The molecule has 0 saturated carbocycles. The zero-order chi connectivity index (χ0) is 16.4. The quantitative estimate of drug-likeness (QED) is 0.720. The van der Waals surface area contributed by atoms with Gasteiger partial charge in [-0.1, -0.05) is 32.4 Å². The van der Waals surface area contributed by atoms with Gasteiger partial charge in [0, 0.05) is 17.3 Å². The number of hydrogen-bond donors (Lipinski definition) is 3. The van der Waals surface area contributed by atoms with Crippen molar-refractivity contribution in [2.24, 2.45) is 5.41 Å². The average Bonchev–Trinajstić information content (AvgIpc) is 2.31. The van der Waals surface area contributed by atoms with E-state index in [0.29, 0.717) is 22.7 Å². The number of benzene rings is 1. The Labute approximate surface area is 131 Å². The van der Waals surface area contributed by atoms with E-state index in [1.165, 1.54) is 12.1 Å². The molecular formula is C14H23ClN2O3S. The third-order valence-corrected chi connectivity index (χ3v) is 4.82. The molecule has 0 spiro atoms. The van der Waals surface area contributed by atoms with Crippen LogP contribution in [0.3, 0.4) is 0 Å². The molecule has 0 aliphatic rings. The Bertz CT molecular complexity index is 586. The number of anilines is 1. The van der Waals surface area contributed by atoms with Crippen LogP contribution in [-0.4, -0.2) is 26.2 Å². The summed E-state index contributed by atoms with van der Waals surface area (Å²) in [6, 6.07) is 2.71. The Morgan fingerprint density at radius 3 is 2.43 bits per heavy atom. The van der Waals surface area contributed by atoms with Gasteiger partial charge in [-0.3, -0.25) is 0 Å². The predicted octanol–water partition coefficient (Wildman–Crippen LogP) is 2.31. The first-order valence-corrected chi connectivity index (χ1v) is 8.52. The van der Waals surface area contributed by atoms with E-state index in [2.05, 4.69) is 4.72 Å². The lowest BCUT2D eigenvalue weighted by molar-refractivity contribution is 0.125. The van der Waals surface area contributed by atoms with Gasteiger partial charge in [0.05, 0.1) is 11.0 Å². The fraction of sp³-hybridized carbons (Fsp3) is 0.571. The van der Waals surface area contributed by atoms with Gasteiger partial charge in [0.2, 0.25) is 10.0 Å². The predicted molar refractivity (Wildman–Crippen MR) is 85.9 cm³/mol. The number of halogens is 1. The van der Waals surface area contributed by atoms with E-state index in [9.17, 15) is 13.5 Å². The van der Waals surface area contributed by atoms with Crippen LogP contribution < -0.4 is 10.5 Å². The van der Waals surface area contributed by atoms with Gasteiger partial charge in [0.1, 0.15) is 0 Å². The Kier molecular flexibility index (Phi) is 5.66. The number of sulfonamides is 1. The summed E-state index contributed by atoms with van der Waals surface area (Å²) in [4.78, 5) is -0.00133. The second kappa shape index (κ2) is 6.52. The summed E-state index contributed by atoms with van der Waals surface area (Å²) in [6.45, 7) is 7.60. The van der Waals surface area contributed by atoms with E-state index in [1.807, 2.05) is 20.8 Å². The van der Waals surface area contributed by atoms with Crippen molar-refractivity contribution in [2.45, 2.75) is 45.1 Å². The van der Waals surface area contributed by atoms with Crippen molar-refractivity contribution in [1.29, 1.82) is 0 Å². The standard InChI is InChI=1S/C14H23ClN2O3S/c1-9-12(15)5-11(6-13(9)16)21(19,20)17-8-10(18)7-14(2,3)4/h5-6,10,17-18H,7-8,16H2,1-4H3. The first-order valence-electron chi connectivity index (χ1n) is 6.66. The van der Waals surface area contributed by atoms with Crippen LogP contribution in [0.1, 0.15) is 32.8 Å². The lowest BCUT2D eigenvalue weighted by Crippen LogP contribution is -2.34. The molecule has 1 atom stereocenters. The summed E-state index contributed by atoms with van der Waals surface area (Å²) in [5, 5.41) is 10.2. The van der Waals surface area contributed by atoms with Crippen LogP contribution in [0, 0.1) is 12.3 Å². The first kappa shape index (κ1) is 18.2. The van der Waals surface area contributed by atoms with Gasteiger partial charge < -0.3 is 10.8 Å². The average molecular weight is 335 g/mol. The largest absolute Gasteiger partial charge is 0.398 e. The molecule has 21 heavy (non-hydrogen) atoms. The molecule has 0 fully saturated rings. The Morgan fingerprint density at radius 2 is 1.95 bits per heavy atom. The topological polar surface area (TPSA) is 92.4 Å². The highest BCUT2D eigenvalue weighted by atomic mass is 35.5. The van der Waals surface area contributed by atoms with Crippen molar-refractivity contribution in [2.75, 3.05) is 12.3 Å². The Hall–Kier alpha value is -0.820. The van der Waals surface area contributed by atoms with Crippen molar-refractivity contribution < 1.29 is 13.5 Å². The van der Waals surface area contributed by atoms with E-state index in [4.69, 9.17) is 17.3 Å². The molecule has 0 aromatic heterocycles. The third kappa shape index (κ3) is 5.47. The highest BCUT2D eigenvalue weighted by molar-refractivity contribution is 7.89. The summed E-state index contributed by atoms with van der Waals surface area (Å²) >= 11 is 5.95. The van der Waals surface area contributed by atoms with Crippen LogP contribution in [0.2, 0.25) is 5.02 Å². The van der Waals surface area contributed by atoms with Crippen molar-refractivity contribution in [1.82, 2.24) is 4.72 Å². The molecule has 0 bridgehead atoms. The zero-order valence-electron chi connectivity index (χ0n) is 12.8. The summed E-state index contributed by atoms with van der Waals surface area (Å²) in [6.07, 6.45) is -0.259. The summed E-state index contributed by atoms with van der Waals surface area (Å²) < 4.78 is 26.7. The molecule has 0 saturated heterocycles. The van der Waals surface area contributed by atoms with Crippen molar-refractivity contribution in [3.8, 4) is 0 Å². The maximum Gasteiger partial charge on any atom is 0.240 e. The van der Waals surface area contributed by atoms with Crippen LogP contribution in [0.15, 0.2) is 17.0 Å². The van der Waals surface area contributed by atoms with Gasteiger partial charge in [0.15, 0.2) is 0 Å². The number of aliphatic hydroxyl groups is 1. The molecule has 1 rings (SSSR count). The lowest BCUT2D eigenvalue weighted by Gasteiger charge is -2.22. The number of hydrogen-bond acceptors (Lipinski definition) is 4. The van der Waals surface area contributed by atoms with Gasteiger partial charge in [-0.2, -0.15) is 0 Å². The summed E-state index contributed by atoms with van der Waals surface area (Å²) in [7, 11) is -3.75. The zero-order valence-corrected chi connectivity index (χ0v) is 14.3. The SMILES string of the molecule is Cc1c(N)cc(S(=O)(=O)NCC(O)CC(C)(C)C)cc1Cl. The number of rotatable bonds is 5. The lowest BCUT2D eigenvalue weighted by atomic mass is 9.89. The maximum atomic E-state index is 12.2. The Morgan fingerprint density at radius 1 is 1.38 bits per heavy atom. The molecule has 4 N–H and O–H groups in total. The summed E-state index contributed by atoms with van der Waals surface area (Å²) in [5.41, 5.74) is 6.61. The number of nitrogens with two attached hydrogens (primary N) is 1. The minimum Gasteiger partial charge on any atom is -0.398 e. The molecule has 1 unspecified atom stereocenters. The van der Waals surface area contributed by atoms with Crippen LogP contribution in [-0.2, 0) is 10.0 Å². The number of nitrogens with one attached hydrogen (secondary N) is 1. The second-order valence-electron chi connectivity index (χ2n) is 6.39. The minimum atomic E-state index is -3.75. The molecule has 1 aromatic rings. The number of aliphatic hydroxyl groups excluding tert-OH is 1. The van der Waals surface area contributed by atoms with Gasteiger partial charge in [0.25, 0.3) is 0 Å². The summed E-state index contributed by atoms with van der Waals surface area (Å²) in [5.74, 6) is 0. The molecule has 0 radical (unpaired) electrons. The molecule has 120 valence electrons. The van der Waals surface area contributed by atoms with Gasteiger partial charge in [-0.25, -0.2) is 13.1 Å². The fourth-order valence-corrected chi connectivity index (χ4v) is 3.32. The normalized spacial score (nSPS) is 14.2. The van der Waals surface area contributed by atoms with E-state index >= 15 is 0 Å². The van der Waals surface area contributed by atoms with Crippen molar-refractivity contribution >= 4 is 27.3 Å². The van der Waals surface area contributed by atoms with Crippen LogP contribution in [0.25, 0.3) is 0 Å². The molecule has 0 heterocycles. The van der Waals surface area contributed by atoms with Gasteiger partial charge in [-0.05, 0) is 36.5 Å². The molecule has 5 nitrogen and oxygen atoms in total. The second-order valence-corrected chi connectivity index (χ2v) is 8.56. The van der Waals surface area contributed by atoms with Crippen molar-refractivity contribution in [3.63, 3.8) is 0 Å². The van der Waals surface area contributed by atoms with E-state index in [1.54, 1.807) is 6.92 Å². The fourth-order valence-electron chi connectivity index (χ4n) is 1.90. The molecule has 1 aromatic carbocycles. The highest BCUT2D eigenvalue weighted by Gasteiger charge is 2.21. The van der Waals surface area contributed by atoms with Gasteiger partial charge >= 0.3 is 0 Å². The van der Waals surface area contributed by atoms with Crippen LogP contribution in [0.4, 0.5) is 5.69 Å². The van der Waals surface area contributed by atoms with Gasteiger partial charge in [-0.15, -0.1) is 0 Å². The molecule has 0 amide bonds. The third-order valence-electron chi connectivity index (χ3n) is 3.03. The number of nitrogen functional groups attached to an aromatic ring is 1. The maximum absolute atomic E-state index is 12.2. The molecule has 0 aliphatic carbocycles. The minimum absolute atomic E-state index is 0.00133. The Balaban J connectivity index is 2.83. The first-order chi connectivity index (χ1) is 9.42. The monoisotopic (exact) mass is 334 g/mol. The van der Waals surface area contributed by atoms with Crippen molar-refractivity contribution in [3.05, 3.63) is 22.7 Å². The molecule has 7 heteroatoms. The van der Waals surface area contributed by atoms with Crippen LogP contribution >= 0.6 is 11.6 Å². The molecular weight excluding hydrogens is 312 g/mol. The highest BCUT2D eigenvalue weighted by Crippen LogP contribution is 2.26. The van der Waals surface area contributed by atoms with E-state index in [-0.39, 0.29) is 16.9 Å². The van der Waals surface area contributed by atoms with E-state index in [0.717, 1.165) is 0 Å². The van der Waals surface area contributed by atoms with Crippen LogP contribution in [0.5, 0.6) is 0 Å².